The summed E-state index contributed by atoms with van der Waals surface area (Å²) in [6.45, 7) is 8.70. The minimum Gasteiger partial charge on any atom is -0.372 e. The Kier molecular flexibility index (Phi) is 5.67. The molecule has 9 heteroatoms. The molecule has 2 aromatic rings. The second kappa shape index (κ2) is 8.54. The van der Waals surface area contributed by atoms with Gasteiger partial charge < -0.3 is 20.4 Å². The van der Waals surface area contributed by atoms with E-state index >= 15 is 0 Å². The van der Waals surface area contributed by atoms with Gasteiger partial charge in [-0.15, -0.1) is 0 Å². The van der Waals surface area contributed by atoms with Gasteiger partial charge in [-0.05, 0) is 49.4 Å². The molecule has 5 rings (SSSR count). The van der Waals surface area contributed by atoms with Crippen LogP contribution in [0.4, 0.5) is 5.95 Å². The lowest BCUT2D eigenvalue weighted by molar-refractivity contribution is 0.0955. The molecule has 1 aliphatic heterocycles. The van der Waals surface area contributed by atoms with Gasteiger partial charge in [0.15, 0.2) is 5.69 Å². The summed E-state index contributed by atoms with van der Waals surface area (Å²) in [5.41, 5.74) is 6.52. The third-order valence-corrected chi connectivity index (χ3v) is 7.20. The van der Waals surface area contributed by atoms with Crippen molar-refractivity contribution in [3.05, 3.63) is 46.6 Å². The van der Waals surface area contributed by atoms with Crippen molar-refractivity contribution in [2.24, 2.45) is 7.05 Å². The minimum absolute atomic E-state index is 0.170. The van der Waals surface area contributed by atoms with E-state index in [0.29, 0.717) is 11.6 Å². The molecule has 1 amide bonds. The summed E-state index contributed by atoms with van der Waals surface area (Å²) in [4.78, 5) is 26.9. The molecule has 1 fully saturated rings. The summed E-state index contributed by atoms with van der Waals surface area (Å²) < 4.78 is 1.78. The van der Waals surface area contributed by atoms with Gasteiger partial charge in [-0.25, -0.2) is 9.97 Å². The maximum atomic E-state index is 12.5. The lowest BCUT2D eigenvalue weighted by Gasteiger charge is -2.36. The van der Waals surface area contributed by atoms with Crippen molar-refractivity contribution >= 4 is 11.9 Å². The Hall–Kier alpha value is -3.20. The van der Waals surface area contributed by atoms with Crippen molar-refractivity contribution in [3.63, 3.8) is 0 Å². The number of piperazine rings is 1. The van der Waals surface area contributed by atoms with Gasteiger partial charge in [-0.1, -0.05) is 13.8 Å². The Morgan fingerprint density at radius 2 is 1.85 bits per heavy atom. The van der Waals surface area contributed by atoms with Crippen LogP contribution in [0.3, 0.4) is 0 Å². The van der Waals surface area contributed by atoms with Crippen molar-refractivity contribution < 1.29 is 4.79 Å². The van der Waals surface area contributed by atoms with E-state index in [-0.39, 0.29) is 11.3 Å². The zero-order chi connectivity index (χ0) is 24.0. The third kappa shape index (κ3) is 3.98. The predicted molar refractivity (Wildman–Crippen MR) is 132 cm³/mol. The molecule has 0 unspecified atom stereocenters. The van der Waals surface area contributed by atoms with Gasteiger partial charge in [-0.3, -0.25) is 9.48 Å². The second-order valence-electron chi connectivity index (χ2n) is 10.2. The van der Waals surface area contributed by atoms with Crippen molar-refractivity contribution in [3.8, 4) is 11.4 Å². The van der Waals surface area contributed by atoms with Gasteiger partial charge in [-0.2, -0.15) is 5.10 Å². The van der Waals surface area contributed by atoms with Gasteiger partial charge >= 0.3 is 0 Å². The largest absolute Gasteiger partial charge is 0.372 e. The van der Waals surface area contributed by atoms with Crippen molar-refractivity contribution in [1.29, 1.82) is 0 Å². The molecule has 0 aromatic carbocycles. The first-order valence-corrected chi connectivity index (χ1v) is 12.0. The first kappa shape index (κ1) is 22.6. The van der Waals surface area contributed by atoms with Crippen molar-refractivity contribution in [1.82, 2.24) is 34.9 Å². The fourth-order valence-corrected chi connectivity index (χ4v) is 5.31. The van der Waals surface area contributed by atoms with Crippen LogP contribution in [0.25, 0.3) is 11.4 Å². The van der Waals surface area contributed by atoms with Gasteiger partial charge in [0.1, 0.15) is 0 Å². The maximum absolute atomic E-state index is 12.5. The number of nitrogens with zero attached hydrogens (tertiary/aromatic N) is 6. The molecular weight excluding hydrogens is 428 g/mol. The SMILES string of the molecule is CNC(=O)c1nn(C)c2c1C(C)(C)Cc1cnc(NC3=CC=C(N4CCN(C)CC4)CC3)nc1-2. The van der Waals surface area contributed by atoms with E-state index in [1.165, 1.54) is 5.70 Å². The molecule has 2 aromatic heterocycles. The third-order valence-electron chi connectivity index (χ3n) is 7.20. The minimum atomic E-state index is -0.243. The quantitative estimate of drug-likeness (QED) is 0.720. The van der Waals surface area contributed by atoms with Crippen LogP contribution in [0.1, 0.15) is 48.3 Å². The molecular formula is C25H34N8O. The van der Waals surface area contributed by atoms with Crippen molar-refractivity contribution in [2.45, 2.75) is 38.5 Å². The summed E-state index contributed by atoms with van der Waals surface area (Å²) in [5, 5.41) is 10.7. The number of hydrogen-bond donors (Lipinski definition) is 2. The number of anilines is 1. The summed E-state index contributed by atoms with van der Waals surface area (Å²) >= 11 is 0. The van der Waals surface area contributed by atoms with E-state index in [9.17, 15) is 4.79 Å². The highest BCUT2D eigenvalue weighted by Crippen LogP contribution is 2.43. The number of fused-ring (bicyclic) bond motifs is 3. The van der Waals surface area contributed by atoms with Gasteiger partial charge in [0, 0.05) is 63.4 Å². The highest BCUT2D eigenvalue weighted by molar-refractivity contribution is 5.96. The molecule has 0 spiro atoms. The fraction of sp³-hybridized carbons (Fsp3) is 0.520. The molecule has 180 valence electrons. The molecule has 9 nitrogen and oxygen atoms in total. The summed E-state index contributed by atoms with van der Waals surface area (Å²) in [6.07, 6.45) is 9.00. The molecule has 0 radical (unpaired) electrons. The number of aromatic nitrogens is 4. The highest BCUT2D eigenvalue weighted by Gasteiger charge is 2.39. The number of nitrogens with one attached hydrogen (secondary N) is 2. The van der Waals surface area contributed by atoms with Gasteiger partial charge in [0.25, 0.3) is 5.91 Å². The van der Waals surface area contributed by atoms with Crippen LogP contribution >= 0.6 is 0 Å². The first-order chi connectivity index (χ1) is 16.3. The Labute approximate surface area is 200 Å². The van der Waals surface area contributed by atoms with Crippen LogP contribution in [-0.2, 0) is 18.9 Å². The van der Waals surface area contributed by atoms with Crippen molar-refractivity contribution in [2.75, 3.05) is 45.6 Å². The molecule has 0 atom stereocenters. The average Bonchev–Trinajstić information content (AvgIpc) is 3.18. The Bertz CT molecular complexity index is 1180. The maximum Gasteiger partial charge on any atom is 0.271 e. The molecule has 1 saturated heterocycles. The number of allylic oxidation sites excluding steroid dienone is 4. The second-order valence-corrected chi connectivity index (χ2v) is 10.2. The fourth-order valence-electron chi connectivity index (χ4n) is 5.31. The van der Waals surface area contributed by atoms with E-state index in [0.717, 1.165) is 73.7 Å². The molecule has 34 heavy (non-hydrogen) atoms. The number of carbonyl (C=O) groups excluding carboxylic acids is 1. The van der Waals surface area contributed by atoms with Crippen LogP contribution in [0.5, 0.6) is 0 Å². The predicted octanol–water partition coefficient (Wildman–Crippen LogP) is 2.29. The van der Waals surface area contributed by atoms with Crippen LogP contribution in [0, 0.1) is 0 Å². The van der Waals surface area contributed by atoms with Crippen LogP contribution in [-0.4, -0.2) is 75.7 Å². The number of rotatable bonds is 4. The van der Waals surface area contributed by atoms with Gasteiger partial charge in [0.05, 0.1) is 11.4 Å². The molecule has 0 bridgehead atoms. The van der Waals surface area contributed by atoms with E-state index < -0.39 is 0 Å². The lowest BCUT2D eigenvalue weighted by atomic mass is 9.73. The van der Waals surface area contributed by atoms with Crippen LogP contribution in [0.15, 0.2) is 29.7 Å². The van der Waals surface area contributed by atoms with E-state index in [1.54, 1.807) is 11.7 Å². The molecule has 2 aliphatic carbocycles. The lowest BCUT2D eigenvalue weighted by Crippen LogP contribution is -2.44. The molecule has 2 N–H and O–H groups in total. The first-order valence-electron chi connectivity index (χ1n) is 12.0. The van der Waals surface area contributed by atoms with E-state index in [1.807, 2.05) is 13.2 Å². The topological polar surface area (TPSA) is 91.2 Å². The Morgan fingerprint density at radius 3 is 2.53 bits per heavy atom. The summed E-state index contributed by atoms with van der Waals surface area (Å²) in [5.74, 6) is 0.408. The summed E-state index contributed by atoms with van der Waals surface area (Å²) in [6, 6.07) is 0. The number of carbonyl (C=O) groups is 1. The zero-order valence-electron chi connectivity index (χ0n) is 20.8. The number of aryl methyl sites for hydroxylation is 1. The monoisotopic (exact) mass is 462 g/mol. The van der Waals surface area contributed by atoms with E-state index in [2.05, 4.69) is 63.6 Å². The standard InChI is InChI=1S/C25H34N8O/c1-25(2)14-16-15-27-24(29-20(16)22-19(25)21(23(34)26-3)30-32(22)5)28-17-6-8-18(9-7-17)33-12-10-31(4)11-13-33/h6,8,15H,7,9-14H2,1-5H3,(H,26,34)(H,27,28,29). The molecule has 3 aliphatic rings. The molecule has 3 heterocycles. The molecule has 0 saturated carbocycles. The summed E-state index contributed by atoms with van der Waals surface area (Å²) in [7, 11) is 5.70. The number of likely N-dealkylation sites (N-methyl/N-ethyl adjacent to an activating group) is 1. The van der Waals surface area contributed by atoms with Crippen LogP contribution in [0.2, 0.25) is 0 Å². The zero-order valence-corrected chi connectivity index (χ0v) is 20.8. The highest BCUT2D eigenvalue weighted by atomic mass is 16.1. The average molecular weight is 463 g/mol. The Balaban J connectivity index is 1.41. The Morgan fingerprint density at radius 1 is 1.09 bits per heavy atom. The number of amides is 1. The van der Waals surface area contributed by atoms with Gasteiger partial charge in [0.2, 0.25) is 5.95 Å². The van der Waals surface area contributed by atoms with E-state index in [4.69, 9.17) is 4.98 Å². The smallest absolute Gasteiger partial charge is 0.271 e. The normalized spacial score (nSPS) is 19.6. The number of hydrogen-bond acceptors (Lipinski definition) is 7. The van der Waals surface area contributed by atoms with Crippen LogP contribution < -0.4 is 10.6 Å².